The lowest BCUT2D eigenvalue weighted by Crippen LogP contribution is -2.01. The summed E-state index contributed by atoms with van der Waals surface area (Å²) < 4.78 is 11.4. The highest BCUT2D eigenvalue weighted by molar-refractivity contribution is 14.1. The molecule has 0 saturated carbocycles. The van der Waals surface area contributed by atoms with Gasteiger partial charge in [0.25, 0.3) is 0 Å². The van der Waals surface area contributed by atoms with Crippen LogP contribution in [0.1, 0.15) is 33.4 Å². The minimum Gasteiger partial charge on any atom is -0.457 e. The number of hydrogen-bond donors (Lipinski definition) is 0. The van der Waals surface area contributed by atoms with Crippen molar-refractivity contribution in [2.75, 3.05) is 0 Å². The van der Waals surface area contributed by atoms with E-state index in [1.54, 1.807) is 0 Å². The van der Waals surface area contributed by atoms with E-state index in [1.807, 2.05) is 0 Å². The van der Waals surface area contributed by atoms with Crippen LogP contribution in [0.4, 0.5) is 0 Å². The fourth-order valence-corrected chi connectivity index (χ4v) is 7.26. The van der Waals surface area contributed by atoms with Crippen LogP contribution in [0.25, 0.3) is 0 Å². The zero-order valence-corrected chi connectivity index (χ0v) is 27.2. The standard InChI is InChI=1S/C30H26Br2I2O/c1-19-3-13-29(23(15-19)7-5-21-9-11-25(31)17-27(21)33)35-30-14-4-20(2)16-24(30)8-6-22-10-12-26(32)18-28(22)34/h3-4,9-18H,5-8H2,1-2H3. The second-order valence-corrected chi connectivity index (χ2v) is 13.0. The first kappa shape index (κ1) is 27.1. The van der Waals surface area contributed by atoms with Gasteiger partial charge in [0.2, 0.25) is 0 Å². The first-order valence-corrected chi connectivity index (χ1v) is 15.3. The molecular weight excluding hydrogens is 790 g/mol. The molecule has 1 nitrogen and oxygen atoms in total. The molecule has 0 heterocycles. The molecule has 0 bridgehead atoms. The lowest BCUT2D eigenvalue weighted by molar-refractivity contribution is 0.469. The van der Waals surface area contributed by atoms with Gasteiger partial charge in [0, 0.05) is 16.1 Å². The summed E-state index contributed by atoms with van der Waals surface area (Å²) in [5.74, 6) is 1.90. The largest absolute Gasteiger partial charge is 0.457 e. The summed E-state index contributed by atoms with van der Waals surface area (Å²) in [7, 11) is 0. The minimum absolute atomic E-state index is 0.937. The Morgan fingerprint density at radius 2 is 0.943 bits per heavy atom. The van der Waals surface area contributed by atoms with Crippen LogP contribution in [0.2, 0.25) is 0 Å². The zero-order chi connectivity index (χ0) is 24.9. The molecule has 5 heteroatoms. The number of benzene rings is 4. The summed E-state index contributed by atoms with van der Waals surface area (Å²) in [5, 5.41) is 0. The predicted molar refractivity (Wildman–Crippen MR) is 171 cm³/mol. The van der Waals surface area contributed by atoms with Crippen LogP contribution in [-0.4, -0.2) is 0 Å². The zero-order valence-electron chi connectivity index (χ0n) is 19.7. The van der Waals surface area contributed by atoms with Crippen LogP contribution in [0, 0.1) is 21.0 Å². The molecule has 0 spiro atoms. The first-order chi connectivity index (χ1) is 16.8. The van der Waals surface area contributed by atoms with E-state index in [1.165, 1.54) is 40.5 Å². The van der Waals surface area contributed by atoms with Crippen LogP contribution in [0.15, 0.2) is 81.7 Å². The van der Waals surface area contributed by atoms with E-state index in [0.29, 0.717) is 0 Å². The Morgan fingerprint density at radius 1 is 0.543 bits per heavy atom. The van der Waals surface area contributed by atoms with Crippen molar-refractivity contribution in [1.82, 2.24) is 0 Å². The molecule has 0 aliphatic carbocycles. The lowest BCUT2D eigenvalue weighted by Gasteiger charge is -2.16. The number of rotatable bonds is 8. The Morgan fingerprint density at radius 3 is 1.34 bits per heavy atom. The Hall–Kier alpha value is -0.900. The van der Waals surface area contributed by atoms with Crippen LogP contribution < -0.4 is 4.74 Å². The van der Waals surface area contributed by atoms with E-state index in [0.717, 1.165) is 46.1 Å². The van der Waals surface area contributed by atoms with E-state index < -0.39 is 0 Å². The maximum absolute atomic E-state index is 6.61. The quantitative estimate of drug-likeness (QED) is 0.161. The summed E-state index contributed by atoms with van der Waals surface area (Å²) in [6.07, 6.45) is 3.84. The van der Waals surface area contributed by atoms with Crippen LogP contribution in [0.3, 0.4) is 0 Å². The molecule has 0 N–H and O–H groups in total. The van der Waals surface area contributed by atoms with Crippen LogP contribution in [0.5, 0.6) is 11.5 Å². The normalized spacial score (nSPS) is 11.0. The predicted octanol–water partition coefficient (Wildman–Crippen LogP) is 10.4. The average Bonchev–Trinajstić information content (AvgIpc) is 2.81. The molecule has 0 fully saturated rings. The van der Waals surface area contributed by atoms with Gasteiger partial charge in [-0.3, -0.25) is 0 Å². The summed E-state index contributed by atoms with van der Waals surface area (Å²) in [5.41, 5.74) is 7.73. The van der Waals surface area contributed by atoms with Gasteiger partial charge < -0.3 is 4.74 Å². The highest BCUT2D eigenvalue weighted by atomic mass is 127. The van der Waals surface area contributed by atoms with E-state index in [-0.39, 0.29) is 0 Å². The van der Waals surface area contributed by atoms with Crippen molar-refractivity contribution in [3.8, 4) is 11.5 Å². The van der Waals surface area contributed by atoms with E-state index >= 15 is 0 Å². The van der Waals surface area contributed by atoms with Crippen molar-refractivity contribution in [1.29, 1.82) is 0 Å². The second-order valence-electron chi connectivity index (χ2n) is 8.80. The van der Waals surface area contributed by atoms with Gasteiger partial charge in [-0.15, -0.1) is 0 Å². The third-order valence-electron chi connectivity index (χ3n) is 6.01. The topological polar surface area (TPSA) is 9.23 Å². The van der Waals surface area contributed by atoms with Gasteiger partial charge in [-0.2, -0.15) is 0 Å². The van der Waals surface area contributed by atoms with Crippen molar-refractivity contribution in [3.05, 3.63) is 122 Å². The van der Waals surface area contributed by atoms with Crippen LogP contribution >= 0.6 is 77.0 Å². The number of halogens is 4. The van der Waals surface area contributed by atoms with Crippen molar-refractivity contribution >= 4 is 77.0 Å². The second kappa shape index (κ2) is 12.6. The Labute approximate surface area is 252 Å². The summed E-state index contributed by atoms with van der Waals surface area (Å²) >= 11 is 12.0. The molecule has 35 heavy (non-hydrogen) atoms. The lowest BCUT2D eigenvalue weighted by atomic mass is 10.0. The first-order valence-electron chi connectivity index (χ1n) is 11.5. The van der Waals surface area contributed by atoms with Gasteiger partial charge >= 0.3 is 0 Å². The molecule has 4 aromatic rings. The molecule has 0 saturated heterocycles. The van der Waals surface area contributed by atoms with E-state index in [9.17, 15) is 0 Å². The van der Waals surface area contributed by atoms with Gasteiger partial charge in [0.05, 0.1) is 0 Å². The Bertz CT molecular complexity index is 1250. The fourth-order valence-electron chi connectivity index (χ4n) is 4.11. The minimum atomic E-state index is 0.937. The molecule has 0 aromatic heterocycles. The highest BCUT2D eigenvalue weighted by Gasteiger charge is 2.12. The summed E-state index contributed by atoms with van der Waals surface area (Å²) in [6.45, 7) is 4.29. The highest BCUT2D eigenvalue weighted by Crippen LogP contribution is 2.32. The van der Waals surface area contributed by atoms with Gasteiger partial charge in [-0.05, 0) is 143 Å². The summed E-state index contributed by atoms with van der Waals surface area (Å²) in [4.78, 5) is 0. The number of hydrogen-bond acceptors (Lipinski definition) is 1. The molecule has 0 unspecified atom stereocenters. The average molecular weight is 816 g/mol. The number of ether oxygens (including phenoxy) is 1. The summed E-state index contributed by atoms with van der Waals surface area (Å²) in [6, 6.07) is 26.1. The van der Waals surface area contributed by atoms with Gasteiger partial charge in [-0.25, -0.2) is 0 Å². The SMILES string of the molecule is Cc1ccc(Oc2ccc(C)cc2CCc2ccc(Br)cc2I)c(CCc2ccc(Br)cc2I)c1. The molecule has 0 amide bonds. The maximum atomic E-state index is 6.61. The van der Waals surface area contributed by atoms with Crippen molar-refractivity contribution in [3.63, 3.8) is 0 Å². The smallest absolute Gasteiger partial charge is 0.130 e. The van der Waals surface area contributed by atoms with Gasteiger partial charge in [0.1, 0.15) is 11.5 Å². The van der Waals surface area contributed by atoms with Gasteiger partial charge in [-0.1, -0.05) is 79.4 Å². The van der Waals surface area contributed by atoms with Crippen molar-refractivity contribution in [2.45, 2.75) is 39.5 Å². The van der Waals surface area contributed by atoms with E-state index in [4.69, 9.17) is 4.74 Å². The monoisotopic (exact) mass is 814 g/mol. The number of aryl methyl sites for hydroxylation is 6. The van der Waals surface area contributed by atoms with E-state index in [2.05, 4.69) is 164 Å². The molecule has 180 valence electrons. The molecule has 0 aliphatic heterocycles. The molecule has 0 radical (unpaired) electrons. The molecule has 0 aliphatic rings. The van der Waals surface area contributed by atoms with Crippen molar-refractivity contribution in [2.24, 2.45) is 0 Å². The van der Waals surface area contributed by atoms with Gasteiger partial charge in [0.15, 0.2) is 0 Å². The van der Waals surface area contributed by atoms with Crippen molar-refractivity contribution < 1.29 is 4.74 Å². The molecule has 0 atom stereocenters. The Balaban J connectivity index is 1.55. The molecular formula is C30H26Br2I2O. The third-order valence-corrected chi connectivity index (χ3v) is 9.00. The third kappa shape index (κ3) is 7.55. The molecule has 4 rings (SSSR count). The fraction of sp³-hybridized carbons (Fsp3) is 0.200. The molecule has 4 aromatic carbocycles. The van der Waals surface area contributed by atoms with Crippen LogP contribution in [-0.2, 0) is 25.7 Å². The Kier molecular flexibility index (Phi) is 9.74. The maximum Gasteiger partial charge on any atom is 0.130 e.